The molecule has 1 N–H and O–H groups in total. The number of esters is 1. The van der Waals surface area contributed by atoms with Crippen LogP contribution in [0.15, 0.2) is 16.6 Å². The van der Waals surface area contributed by atoms with Crippen LogP contribution in [0.1, 0.15) is 66.8 Å². The predicted molar refractivity (Wildman–Crippen MR) is 84.9 cm³/mol. The molecule has 1 aromatic rings. The van der Waals surface area contributed by atoms with E-state index in [2.05, 4.69) is 15.9 Å². The fourth-order valence-corrected chi connectivity index (χ4v) is 2.82. The molecule has 1 aromatic carbocycles. The zero-order valence-corrected chi connectivity index (χ0v) is 14.4. The minimum Gasteiger partial charge on any atom is -0.478 e. The molecule has 0 radical (unpaired) electrons. The van der Waals surface area contributed by atoms with E-state index in [4.69, 9.17) is 4.74 Å². The zero-order valence-electron chi connectivity index (χ0n) is 12.8. The number of carboxylic acids is 1. The van der Waals surface area contributed by atoms with Crippen molar-refractivity contribution in [3.05, 3.63) is 33.3 Å². The molecule has 0 saturated heterocycles. The van der Waals surface area contributed by atoms with E-state index in [0.29, 0.717) is 10.9 Å². The summed E-state index contributed by atoms with van der Waals surface area (Å²) in [6, 6.07) is 3.06. The fourth-order valence-electron chi connectivity index (χ4n) is 2.19. The summed E-state index contributed by atoms with van der Waals surface area (Å²) in [5.41, 5.74) is 0.324. The first kappa shape index (κ1) is 17.7. The van der Waals surface area contributed by atoms with Gasteiger partial charge in [0.15, 0.2) is 0 Å². The van der Waals surface area contributed by atoms with Gasteiger partial charge in [-0.2, -0.15) is 0 Å². The predicted octanol–water partition coefficient (Wildman–Crippen LogP) is 4.45. The standard InChI is InChI=1S/C16H21BrO4/c1-5-7-16(3,4)21-15(20)12-8-10(6-2)13(17)9-11(12)14(18)19/h8-9H,5-7H2,1-4H3,(H,18,19). The maximum atomic E-state index is 12.3. The summed E-state index contributed by atoms with van der Waals surface area (Å²) < 4.78 is 6.16. The molecule has 0 fully saturated rings. The van der Waals surface area contributed by atoms with Crippen molar-refractivity contribution in [2.75, 3.05) is 0 Å². The third-order valence-electron chi connectivity index (χ3n) is 3.24. The lowest BCUT2D eigenvalue weighted by atomic mass is 10.0. The molecule has 0 aliphatic rings. The molecule has 0 bridgehead atoms. The zero-order chi connectivity index (χ0) is 16.2. The van der Waals surface area contributed by atoms with E-state index in [1.165, 1.54) is 6.07 Å². The number of aromatic carboxylic acids is 1. The largest absolute Gasteiger partial charge is 0.478 e. The van der Waals surface area contributed by atoms with Crippen LogP contribution in [-0.2, 0) is 11.2 Å². The number of benzene rings is 1. The van der Waals surface area contributed by atoms with Crippen molar-refractivity contribution in [3.63, 3.8) is 0 Å². The monoisotopic (exact) mass is 356 g/mol. The van der Waals surface area contributed by atoms with E-state index in [-0.39, 0.29) is 11.1 Å². The smallest absolute Gasteiger partial charge is 0.339 e. The number of halogens is 1. The summed E-state index contributed by atoms with van der Waals surface area (Å²) >= 11 is 3.33. The van der Waals surface area contributed by atoms with Gasteiger partial charge in [0.25, 0.3) is 0 Å². The van der Waals surface area contributed by atoms with Crippen molar-refractivity contribution in [1.29, 1.82) is 0 Å². The van der Waals surface area contributed by atoms with E-state index in [1.54, 1.807) is 6.07 Å². The van der Waals surface area contributed by atoms with Crippen LogP contribution in [-0.4, -0.2) is 22.6 Å². The Kier molecular flexibility index (Phi) is 5.96. The first-order valence-electron chi connectivity index (χ1n) is 7.01. The molecule has 0 saturated carbocycles. The van der Waals surface area contributed by atoms with E-state index in [9.17, 15) is 14.7 Å². The summed E-state index contributed by atoms with van der Waals surface area (Å²) in [5.74, 6) is -1.73. The molecule has 5 heteroatoms. The second-order valence-electron chi connectivity index (χ2n) is 5.55. The first-order valence-corrected chi connectivity index (χ1v) is 7.80. The van der Waals surface area contributed by atoms with Gasteiger partial charge >= 0.3 is 11.9 Å². The molecule has 0 aliphatic heterocycles. The summed E-state index contributed by atoms with van der Waals surface area (Å²) in [4.78, 5) is 23.7. The number of carbonyl (C=O) groups is 2. The van der Waals surface area contributed by atoms with Gasteiger partial charge in [-0.1, -0.05) is 36.2 Å². The number of aryl methyl sites for hydroxylation is 1. The number of carboxylic acid groups (broad SMARTS) is 1. The average molecular weight is 357 g/mol. The number of hydrogen-bond acceptors (Lipinski definition) is 3. The van der Waals surface area contributed by atoms with Crippen molar-refractivity contribution in [2.24, 2.45) is 0 Å². The highest BCUT2D eigenvalue weighted by atomic mass is 79.9. The lowest BCUT2D eigenvalue weighted by Crippen LogP contribution is -2.28. The van der Waals surface area contributed by atoms with Crippen LogP contribution in [0.5, 0.6) is 0 Å². The molecule has 0 aromatic heterocycles. The minimum atomic E-state index is -1.14. The van der Waals surface area contributed by atoms with Crippen molar-refractivity contribution in [2.45, 2.75) is 52.6 Å². The molecular formula is C16H21BrO4. The van der Waals surface area contributed by atoms with E-state index >= 15 is 0 Å². The van der Waals surface area contributed by atoms with E-state index in [0.717, 1.165) is 18.4 Å². The molecule has 0 spiro atoms. The Morgan fingerprint density at radius 2 is 1.86 bits per heavy atom. The lowest BCUT2D eigenvalue weighted by Gasteiger charge is -2.25. The molecule has 21 heavy (non-hydrogen) atoms. The lowest BCUT2D eigenvalue weighted by molar-refractivity contribution is -0.00503. The van der Waals surface area contributed by atoms with Gasteiger partial charge in [-0.05, 0) is 44.4 Å². The molecule has 1 rings (SSSR count). The fraction of sp³-hybridized carbons (Fsp3) is 0.500. The summed E-state index contributed by atoms with van der Waals surface area (Å²) in [5, 5.41) is 9.28. The Hall–Kier alpha value is -1.36. The number of ether oxygens (including phenoxy) is 1. The highest BCUT2D eigenvalue weighted by Crippen LogP contribution is 2.26. The van der Waals surface area contributed by atoms with Crippen LogP contribution in [0.2, 0.25) is 0 Å². The van der Waals surface area contributed by atoms with Crippen LogP contribution >= 0.6 is 15.9 Å². The third kappa shape index (κ3) is 4.56. The quantitative estimate of drug-likeness (QED) is 0.765. The summed E-state index contributed by atoms with van der Waals surface area (Å²) in [7, 11) is 0. The van der Waals surface area contributed by atoms with Crippen LogP contribution in [0.4, 0.5) is 0 Å². The van der Waals surface area contributed by atoms with Gasteiger partial charge in [-0.15, -0.1) is 0 Å². The van der Waals surface area contributed by atoms with E-state index < -0.39 is 17.5 Å². The Labute approximate surface area is 133 Å². The van der Waals surface area contributed by atoms with Gasteiger partial charge in [-0.3, -0.25) is 0 Å². The number of rotatable bonds is 6. The van der Waals surface area contributed by atoms with Gasteiger partial charge in [-0.25, -0.2) is 9.59 Å². The SMILES string of the molecule is CCCC(C)(C)OC(=O)c1cc(CC)c(Br)cc1C(=O)O. The van der Waals surface area contributed by atoms with Gasteiger partial charge < -0.3 is 9.84 Å². The normalized spacial score (nSPS) is 11.3. The number of hydrogen-bond donors (Lipinski definition) is 1. The summed E-state index contributed by atoms with van der Waals surface area (Å²) in [6.45, 7) is 7.60. The Morgan fingerprint density at radius 1 is 1.24 bits per heavy atom. The van der Waals surface area contributed by atoms with Gasteiger partial charge in [0, 0.05) is 4.47 Å². The summed E-state index contributed by atoms with van der Waals surface area (Å²) in [6.07, 6.45) is 2.30. The minimum absolute atomic E-state index is 0.0450. The topological polar surface area (TPSA) is 63.6 Å². The molecule has 0 aliphatic carbocycles. The molecule has 4 nitrogen and oxygen atoms in total. The van der Waals surface area contributed by atoms with Crippen molar-refractivity contribution in [1.82, 2.24) is 0 Å². The van der Waals surface area contributed by atoms with Crippen LogP contribution in [0.3, 0.4) is 0 Å². The average Bonchev–Trinajstić information content (AvgIpc) is 2.37. The highest BCUT2D eigenvalue weighted by Gasteiger charge is 2.26. The Balaban J connectivity index is 3.21. The van der Waals surface area contributed by atoms with Gasteiger partial charge in [0.1, 0.15) is 5.60 Å². The second-order valence-corrected chi connectivity index (χ2v) is 6.40. The molecule has 0 amide bonds. The molecule has 0 heterocycles. The molecule has 116 valence electrons. The maximum Gasteiger partial charge on any atom is 0.339 e. The maximum absolute atomic E-state index is 12.3. The van der Waals surface area contributed by atoms with Crippen molar-refractivity contribution >= 4 is 27.9 Å². The highest BCUT2D eigenvalue weighted by molar-refractivity contribution is 9.10. The van der Waals surface area contributed by atoms with Crippen LogP contribution in [0, 0.1) is 0 Å². The molecule has 0 unspecified atom stereocenters. The first-order chi connectivity index (χ1) is 9.71. The number of carbonyl (C=O) groups excluding carboxylic acids is 1. The van der Waals surface area contributed by atoms with Crippen LogP contribution in [0.25, 0.3) is 0 Å². The van der Waals surface area contributed by atoms with Gasteiger partial charge in [0.05, 0.1) is 11.1 Å². The van der Waals surface area contributed by atoms with Crippen molar-refractivity contribution < 1.29 is 19.4 Å². The van der Waals surface area contributed by atoms with E-state index in [1.807, 2.05) is 27.7 Å². The van der Waals surface area contributed by atoms with Crippen LogP contribution < -0.4 is 0 Å². The van der Waals surface area contributed by atoms with Crippen molar-refractivity contribution in [3.8, 4) is 0 Å². The molecular weight excluding hydrogens is 336 g/mol. The Morgan fingerprint density at radius 3 is 2.33 bits per heavy atom. The van der Waals surface area contributed by atoms with Gasteiger partial charge in [0.2, 0.25) is 0 Å². The second kappa shape index (κ2) is 7.07. The molecule has 0 atom stereocenters. The Bertz CT molecular complexity index is 549. The third-order valence-corrected chi connectivity index (χ3v) is 3.98.